The molecular weight excluding hydrogens is 406 g/mol. The molecule has 1 aromatic carbocycles. The van der Waals surface area contributed by atoms with Gasteiger partial charge in [-0.05, 0) is 44.8 Å². The first-order valence-corrected chi connectivity index (χ1v) is 11.6. The van der Waals surface area contributed by atoms with Gasteiger partial charge in [0.15, 0.2) is 0 Å². The number of aromatic amines is 1. The molecule has 2 aromatic rings. The Bertz CT molecular complexity index is 950. The van der Waals surface area contributed by atoms with E-state index in [1.807, 2.05) is 30.0 Å². The van der Waals surface area contributed by atoms with E-state index < -0.39 is 0 Å². The van der Waals surface area contributed by atoms with Crippen molar-refractivity contribution in [1.82, 2.24) is 20.2 Å². The molecule has 0 saturated carbocycles. The van der Waals surface area contributed by atoms with E-state index in [9.17, 15) is 9.59 Å². The molecule has 2 saturated heterocycles. The van der Waals surface area contributed by atoms with Gasteiger partial charge in [0, 0.05) is 37.3 Å². The summed E-state index contributed by atoms with van der Waals surface area (Å²) >= 11 is 0. The minimum atomic E-state index is -0.161. The van der Waals surface area contributed by atoms with Crippen molar-refractivity contribution in [3.63, 3.8) is 0 Å². The number of rotatable bonds is 8. The van der Waals surface area contributed by atoms with Crippen LogP contribution in [0.25, 0.3) is 0 Å². The predicted molar refractivity (Wildman–Crippen MR) is 124 cm³/mol. The average Bonchev–Trinajstić information content (AvgIpc) is 3.34. The lowest BCUT2D eigenvalue weighted by Gasteiger charge is -2.28. The largest absolute Gasteiger partial charge is 0.378 e. The summed E-state index contributed by atoms with van der Waals surface area (Å²) in [5, 5.41) is 3.10. The van der Waals surface area contributed by atoms with Crippen LogP contribution in [-0.4, -0.2) is 66.7 Å². The molecule has 0 aliphatic carbocycles. The second-order valence-electron chi connectivity index (χ2n) is 8.53. The van der Waals surface area contributed by atoms with Crippen molar-refractivity contribution in [2.45, 2.75) is 38.6 Å². The summed E-state index contributed by atoms with van der Waals surface area (Å²) < 4.78 is 5.36. The number of aryl methyl sites for hydroxylation is 1. The van der Waals surface area contributed by atoms with E-state index in [1.165, 1.54) is 18.4 Å². The summed E-state index contributed by atoms with van der Waals surface area (Å²) in [6.45, 7) is 7.22. The summed E-state index contributed by atoms with van der Waals surface area (Å²) in [5.41, 5.74) is 2.33. The van der Waals surface area contributed by atoms with Gasteiger partial charge < -0.3 is 15.0 Å². The topological polar surface area (TPSA) is 90.6 Å². The number of anilines is 1. The monoisotopic (exact) mass is 439 g/mol. The fourth-order valence-corrected chi connectivity index (χ4v) is 4.54. The van der Waals surface area contributed by atoms with E-state index in [-0.39, 0.29) is 23.9 Å². The molecule has 0 radical (unpaired) electrons. The summed E-state index contributed by atoms with van der Waals surface area (Å²) in [4.78, 5) is 37.2. The van der Waals surface area contributed by atoms with Crippen LogP contribution in [0.4, 0.5) is 5.95 Å². The van der Waals surface area contributed by atoms with Gasteiger partial charge in [-0.2, -0.15) is 0 Å². The van der Waals surface area contributed by atoms with Crippen molar-refractivity contribution in [3.05, 3.63) is 57.5 Å². The van der Waals surface area contributed by atoms with Crippen LogP contribution in [0.15, 0.2) is 35.1 Å². The number of benzene rings is 1. The van der Waals surface area contributed by atoms with Crippen LogP contribution in [0, 0.1) is 6.92 Å². The van der Waals surface area contributed by atoms with Crippen LogP contribution < -0.4 is 15.8 Å². The number of nitrogens with zero attached hydrogens (tertiary/aromatic N) is 3. The van der Waals surface area contributed by atoms with Crippen molar-refractivity contribution >= 4 is 11.9 Å². The Kier molecular flexibility index (Phi) is 7.55. The highest BCUT2D eigenvalue weighted by Crippen LogP contribution is 2.24. The molecule has 1 amide bonds. The first kappa shape index (κ1) is 22.5. The zero-order chi connectivity index (χ0) is 22.3. The maximum absolute atomic E-state index is 12.6. The number of morpholine rings is 1. The minimum absolute atomic E-state index is 0.0406. The molecule has 2 aliphatic rings. The van der Waals surface area contributed by atoms with Gasteiger partial charge >= 0.3 is 0 Å². The van der Waals surface area contributed by atoms with Gasteiger partial charge in [0.1, 0.15) is 0 Å². The molecule has 2 aliphatic heterocycles. The molecule has 2 N–H and O–H groups in total. The highest BCUT2D eigenvalue weighted by molar-refractivity contribution is 5.76. The Morgan fingerprint density at radius 3 is 2.56 bits per heavy atom. The number of carbonyl (C=O) groups excluding carboxylic acids is 1. The van der Waals surface area contributed by atoms with Crippen molar-refractivity contribution < 1.29 is 9.53 Å². The lowest BCUT2D eigenvalue weighted by Crippen LogP contribution is -2.39. The van der Waals surface area contributed by atoms with Crippen LogP contribution in [0.2, 0.25) is 0 Å². The lowest BCUT2D eigenvalue weighted by atomic mass is 10.1. The number of likely N-dealkylation sites (tertiary alicyclic amines) is 1. The van der Waals surface area contributed by atoms with E-state index >= 15 is 0 Å². The van der Waals surface area contributed by atoms with Crippen LogP contribution in [0.1, 0.15) is 42.1 Å². The second kappa shape index (κ2) is 10.7. The Morgan fingerprint density at radius 1 is 1.16 bits per heavy atom. The van der Waals surface area contributed by atoms with Gasteiger partial charge in [0.05, 0.1) is 19.3 Å². The van der Waals surface area contributed by atoms with E-state index in [0.29, 0.717) is 56.5 Å². The van der Waals surface area contributed by atoms with Gasteiger partial charge in [-0.3, -0.25) is 19.5 Å². The minimum Gasteiger partial charge on any atom is -0.378 e. The number of carbonyl (C=O) groups is 1. The zero-order valence-corrected chi connectivity index (χ0v) is 18.8. The third kappa shape index (κ3) is 5.55. The molecule has 1 aromatic heterocycles. The van der Waals surface area contributed by atoms with Crippen LogP contribution >= 0.6 is 0 Å². The fraction of sp³-hybridized carbons (Fsp3) is 0.542. The van der Waals surface area contributed by atoms with Gasteiger partial charge in [0.2, 0.25) is 11.9 Å². The molecule has 32 heavy (non-hydrogen) atoms. The van der Waals surface area contributed by atoms with E-state index in [2.05, 4.69) is 32.3 Å². The highest BCUT2D eigenvalue weighted by Gasteiger charge is 2.24. The SMILES string of the molecule is Cc1nc(N2CCOCC2)[nH]c(=O)c1CCC(=O)NCC(c1ccccc1)N1CCCC1. The quantitative estimate of drug-likeness (QED) is 0.652. The molecule has 2 fully saturated rings. The van der Waals surface area contributed by atoms with Gasteiger partial charge in [0.25, 0.3) is 5.56 Å². The van der Waals surface area contributed by atoms with Gasteiger partial charge in [-0.15, -0.1) is 0 Å². The van der Waals surface area contributed by atoms with Crippen LogP contribution in [0.5, 0.6) is 0 Å². The maximum atomic E-state index is 12.6. The third-order valence-electron chi connectivity index (χ3n) is 6.38. The Morgan fingerprint density at radius 2 is 1.88 bits per heavy atom. The Balaban J connectivity index is 1.34. The van der Waals surface area contributed by atoms with E-state index in [0.717, 1.165) is 13.1 Å². The smallest absolute Gasteiger partial charge is 0.255 e. The molecular formula is C24H33N5O3. The van der Waals surface area contributed by atoms with Crippen molar-refractivity contribution in [2.24, 2.45) is 0 Å². The standard InChI is InChI=1S/C24H33N5O3/c1-18-20(23(31)27-24(26-18)29-13-15-32-16-14-29)9-10-22(30)25-17-21(28-11-5-6-12-28)19-7-3-2-4-8-19/h2-4,7-8,21H,5-6,9-17H2,1H3,(H,25,30)(H,26,27,31). The fourth-order valence-electron chi connectivity index (χ4n) is 4.54. The first-order valence-electron chi connectivity index (χ1n) is 11.6. The molecule has 172 valence electrons. The number of amides is 1. The third-order valence-corrected chi connectivity index (χ3v) is 6.38. The normalized spacial score (nSPS) is 18.0. The van der Waals surface area contributed by atoms with Crippen molar-refractivity contribution in [1.29, 1.82) is 0 Å². The molecule has 8 heteroatoms. The van der Waals surface area contributed by atoms with Gasteiger partial charge in [-0.25, -0.2) is 4.98 Å². The van der Waals surface area contributed by atoms with Crippen LogP contribution in [-0.2, 0) is 16.0 Å². The highest BCUT2D eigenvalue weighted by atomic mass is 16.5. The average molecular weight is 440 g/mol. The Labute approximate surface area is 189 Å². The van der Waals surface area contributed by atoms with Crippen molar-refractivity contribution in [3.8, 4) is 0 Å². The van der Waals surface area contributed by atoms with Crippen molar-refractivity contribution in [2.75, 3.05) is 50.8 Å². The molecule has 4 rings (SSSR count). The molecule has 8 nitrogen and oxygen atoms in total. The summed E-state index contributed by atoms with van der Waals surface area (Å²) in [6.07, 6.45) is 3.05. The van der Waals surface area contributed by atoms with Gasteiger partial charge in [-0.1, -0.05) is 30.3 Å². The summed E-state index contributed by atoms with van der Waals surface area (Å²) in [6, 6.07) is 10.5. The zero-order valence-electron chi connectivity index (χ0n) is 18.8. The first-order chi connectivity index (χ1) is 15.6. The molecule has 1 unspecified atom stereocenters. The number of ether oxygens (including phenoxy) is 1. The number of aromatic nitrogens is 2. The molecule has 0 bridgehead atoms. The Hall–Kier alpha value is -2.71. The summed E-state index contributed by atoms with van der Waals surface area (Å²) in [7, 11) is 0. The second-order valence-corrected chi connectivity index (χ2v) is 8.53. The van der Waals surface area contributed by atoms with E-state index in [1.54, 1.807) is 0 Å². The maximum Gasteiger partial charge on any atom is 0.255 e. The lowest BCUT2D eigenvalue weighted by molar-refractivity contribution is -0.121. The number of H-pyrrole nitrogens is 1. The predicted octanol–water partition coefficient (Wildman–Crippen LogP) is 1.80. The summed E-state index contributed by atoms with van der Waals surface area (Å²) in [5.74, 6) is 0.543. The molecule has 3 heterocycles. The number of hydrogen-bond donors (Lipinski definition) is 2. The number of hydrogen-bond acceptors (Lipinski definition) is 6. The van der Waals surface area contributed by atoms with Crippen LogP contribution in [0.3, 0.4) is 0 Å². The molecule has 0 spiro atoms. The number of nitrogens with one attached hydrogen (secondary N) is 2. The van der Waals surface area contributed by atoms with E-state index in [4.69, 9.17) is 4.74 Å². The molecule has 1 atom stereocenters.